The van der Waals surface area contributed by atoms with Crippen LogP contribution in [0.5, 0.6) is 5.75 Å². The first-order chi connectivity index (χ1) is 18.3. The zero-order valence-corrected chi connectivity index (χ0v) is 21.9. The molecule has 3 heterocycles. The third-order valence-corrected chi connectivity index (χ3v) is 6.59. The van der Waals surface area contributed by atoms with E-state index < -0.39 is 40.2 Å². The van der Waals surface area contributed by atoms with E-state index in [9.17, 15) is 31.2 Å². The average molecular weight is 566 g/mol. The smallest absolute Gasteiger partial charge is 0.422 e. The number of nitrogens with one attached hydrogen (secondary N) is 2. The Bertz CT molecular complexity index is 1490. The number of aryl methyl sites for hydroxylation is 2. The SMILES string of the molecule is Cc1ccc(-n2nc3c(c2NC(=O)CS(C)(=O)=O)C(=O)N[C@@H](CCc2cccc(OCC(F)(F)F)c2)C3)nc1. The van der Waals surface area contributed by atoms with Crippen LogP contribution < -0.4 is 15.4 Å². The van der Waals surface area contributed by atoms with Crippen molar-refractivity contribution in [1.82, 2.24) is 20.1 Å². The second-order valence-electron chi connectivity index (χ2n) is 9.36. The first kappa shape index (κ1) is 28.1. The van der Waals surface area contributed by atoms with Gasteiger partial charge in [-0.3, -0.25) is 9.59 Å². The van der Waals surface area contributed by atoms with Crippen LogP contribution in [0.3, 0.4) is 0 Å². The predicted octanol–water partition coefficient (Wildman–Crippen LogP) is 2.79. The van der Waals surface area contributed by atoms with Crippen LogP contribution in [0.15, 0.2) is 42.6 Å². The van der Waals surface area contributed by atoms with Crippen LogP contribution in [0.4, 0.5) is 19.0 Å². The Balaban J connectivity index is 1.54. The molecule has 0 fully saturated rings. The molecular formula is C25H26F3N5O5S. The van der Waals surface area contributed by atoms with Gasteiger partial charge in [-0.1, -0.05) is 18.2 Å². The largest absolute Gasteiger partial charge is 0.484 e. The molecule has 2 aromatic heterocycles. The first-order valence-electron chi connectivity index (χ1n) is 11.9. The molecule has 0 spiro atoms. The number of halogens is 3. The molecule has 0 radical (unpaired) electrons. The van der Waals surface area contributed by atoms with Crippen molar-refractivity contribution in [3.8, 4) is 11.6 Å². The summed E-state index contributed by atoms with van der Waals surface area (Å²) in [5, 5.41) is 9.90. The van der Waals surface area contributed by atoms with Gasteiger partial charge in [-0.2, -0.15) is 23.0 Å². The number of carbonyl (C=O) groups excluding carboxylic acids is 2. The van der Waals surface area contributed by atoms with E-state index >= 15 is 0 Å². The minimum absolute atomic E-state index is 0.0143. The number of rotatable bonds is 9. The normalized spacial score (nSPS) is 15.4. The molecule has 1 atom stereocenters. The molecule has 39 heavy (non-hydrogen) atoms. The summed E-state index contributed by atoms with van der Waals surface area (Å²) in [7, 11) is -3.62. The standard InChI is InChI=1S/C25H26F3N5O5S/c1-15-6-9-20(29-12-15)33-23(31-21(34)13-39(2,36)37)22-19(32-33)11-17(30-24(22)35)8-7-16-4-3-5-18(10-16)38-14-25(26,27)28/h3-6,9-10,12,17H,7-8,11,13-14H2,1-2H3,(H,30,35)(H,31,34)/t17-/m0/s1. The lowest BCUT2D eigenvalue weighted by molar-refractivity contribution is -0.153. The van der Waals surface area contributed by atoms with Gasteiger partial charge < -0.3 is 15.4 Å². The van der Waals surface area contributed by atoms with E-state index in [1.54, 1.807) is 30.5 Å². The van der Waals surface area contributed by atoms with Gasteiger partial charge in [-0.15, -0.1) is 0 Å². The van der Waals surface area contributed by atoms with E-state index in [1.165, 1.54) is 16.8 Å². The Kier molecular flexibility index (Phi) is 7.95. The van der Waals surface area contributed by atoms with E-state index in [4.69, 9.17) is 4.74 Å². The van der Waals surface area contributed by atoms with Crippen LogP contribution >= 0.6 is 0 Å². The number of sulfone groups is 1. The highest BCUT2D eigenvalue weighted by Crippen LogP contribution is 2.29. The molecule has 0 saturated heterocycles. The van der Waals surface area contributed by atoms with Crippen LogP contribution in [0.25, 0.3) is 5.82 Å². The summed E-state index contributed by atoms with van der Waals surface area (Å²) >= 11 is 0. The maximum atomic E-state index is 13.1. The lowest BCUT2D eigenvalue weighted by Crippen LogP contribution is -2.41. The summed E-state index contributed by atoms with van der Waals surface area (Å²) in [5.74, 6) is -1.67. The van der Waals surface area contributed by atoms with Gasteiger partial charge >= 0.3 is 6.18 Å². The van der Waals surface area contributed by atoms with Gasteiger partial charge in [0.15, 0.2) is 28.1 Å². The molecule has 0 saturated carbocycles. The van der Waals surface area contributed by atoms with Crippen molar-refractivity contribution in [1.29, 1.82) is 0 Å². The molecule has 1 aromatic carbocycles. The molecule has 2 amide bonds. The number of carbonyl (C=O) groups is 2. The third-order valence-electron chi connectivity index (χ3n) is 5.81. The molecule has 208 valence electrons. The van der Waals surface area contributed by atoms with Gasteiger partial charge in [0.2, 0.25) is 5.91 Å². The number of hydrogen-bond donors (Lipinski definition) is 2. The minimum atomic E-state index is -4.44. The number of alkyl halides is 3. The number of amides is 2. The molecule has 0 aliphatic carbocycles. The Labute approximate surface area is 222 Å². The van der Waals surface area contributed by atoms with E-state index in [1.807, 2.05) is 6.92 Å². The van der Waals surface area contributed by atoms with Crippen molar-refractivity contribution >= 4 is 27.5 Å². The van der Waals surface area contributed by atoms with E-state index in [0.29, 0.717) is 30.8 Å². The van der Waals surface area contributed by atoms with Crippen molar-refractivity contribution in [2.45, 2.75) is 38.4 Å². The molecule has 2 N–H and O–H groups in total. The van der Waals surface area contributed by atoms with Crippen LogP contribution in [0, 0.1) is 6.92 Å². The summed E-state index contributed by atoms with van der Waals surface area (Å²) < 4.78 is 66.7. The van der Waals surface area contributed by atoms with Crippen LogP contribution in [-0.4, -0.2) is 65.8 Å². The molecule has 14 heteroatoms. The quantitative estimate of drug-likeness (QED) is 0.408. The predicted molar refractivity (Wildman–Crippen MR) is 136 cm³/mol. The molecule has 4 rings (SSSR count). The Morgan fingerprint density at radius 1 is 1.26 bits per heavy atom. The van der Waals surface area contributed by atoms with Crippen LogP contribution in [-0.2, 0) is 27.5 Å². The fourth-order valence-corrected chi connectivity index (χ4v) is 4.68. The van der Waals surface area contributed by atoms with E-state index in [2.05, 4.69) is 20.7 Å². The van der Waals surface area contributed by atoms with Crippen molar-refractivity contribution in [3.05, 3.63) is 65.0 Å². The zero-order chi connectivity index (χ0) is 28.4. The first-order valence-corrected chi connectivity index (χ1v) is 14.0. The lowest BCUT2D eigenvalue weighted by Gasteiger charge is -2.23. The minimum Gasteiger partial charge on any atom is -0.484 e. The number of pyridine rings is 1. The Morgan fingerprint density at radius 2 is 2.03 bits per heavy atom. The number of fused-ring (bicyclic) bond motifs is 1. The number of hydrogen-bond acceptors (Lipinski definition) is 7. The van der Waals surface area contributed by atoms with Gasteiger partial charge in [0.25, 0.3) is 5.91 Å². The molecule has 0 bridgehead atoms. The van der Waals surface area contributed by atoms with Crippen LogP contribution in [0.1, 0.15) is 33.6 Å². The van der Waals surface area contributed by atoms with Gasteiger partial charge in [-0.05, 0) is 49.1 Å². The van der Waals surface area contributed by atoms with Gasteiger partial charge in [0.05, 0.1) is 5.69 Å². The fraction of sp³-hybridized carbons (Fsp3) is 0.360. The highest BCUT2D eigenvalue weighted by Gasteiger charge is 2.33. The second kappa shape index (κ2) is 11.0. The van der Waals surface area contributed by atoms with Crippen LogP contribution in [0.2, 0.25) is 0 Å². The number of benzene rings is 1. The third kappa shape index (κ3) is 7.56. The lowest BCUT2D eigenvalue weighted by atomic mass is 9.96. The average Bonchev–Trinajstić information content (AvgIpc) is 3.19. The van der Waals surface area contributed by atoms with Crippen molar-refractivity contribution < 1.29 is 35.9 Å². The maximum Gasteiger partial charge on any atom is 0.422 e. The van der Waals surface area contributed by atoms with E-state index in [-0.39, 0.29) is 23.2 Å². The van der Waals surface area contributed by atoms with Crippen molar-refractivity contribution in [3.63, 3.8) is 0 Å². The fourth-order valence-electron chi connectivity index (χ4n) is 4.13. The molecule has 10 nitrogen and oxygen atoms in total. The molecule has 1 aliphatic rings. The highest BCUT2D eigenvalue weighted by atomic mass is 32.2. The summed E-state index contributed by atoms with van der Waals surface area (Å²) in [6, 6.07) is 9.40. The Hall–Kier alpha value is -3.94. The van der Waals surface area contributed by atoms with Crippen molar-refractivity contribution in [2.24, 2.45) is 0 Å². The van der Waals surface area contributed by atoms with Gasteiger partial charge in [0.1, 0.15) is 17.1 Å². The number of anilines is 1. The second-order valence-corrected chi connectivity index (χ2v) is 11.5. The topological polar surface area (TPSA) is 132 Å². The zero-order valence-electron chi connectivity index (χ0n) is 21.1. The van der Waals surface area contributed by atoms with Gasteiger partial charge in [-0.25, -0.2) is 13.4 Å². The molecular weight excluding hydrogens is 539 g/mol. The van der Waals surface area contributed by atoms with E-state index in [0.717, 1.165) is 17.4 Å². The van der Waals surface area contributed by atoms with Gasteiger partial charge in [0, 0.05) is 24.9 Å². The van der Waals surface area contributed by atoms with Crippen molar-refractivity contribution in [2.75, 3.05) is 23.9 Å². The summed E-state index contributed by atoms with van der Waals surface area (Å²) in [6.07, 6.45) is -0.718. The summed E-state index contributed by atoms with van der Waals surface area (Å²) in [6.45, 7) is 0.454. The maximum absolute atomic E-state index is 13.1. The number of aromatic nitrogens is 3. The summed E-state index contributed by atoms with van der Waals surface area (Å²) in [5.41, 5.74) is 2.11. The monoisotopic (exact) mass is 565 g/mol. The molecule has 3 aromatic rings. The highest BCUT2D eigenvalue weighted by molar-refractivity contribution is 7.91. The summed E-state index contributed by atoms with van der Waals surface area (Å²) in [4.78, 5) is 29.9. The number of ether oxygens (including phenoxy) is 1. The number of nitrogens with zero attached hydrogens (tertiary/aromatic N) is 3. The Morgan fingerprint density at radius 3 is 2.69 bits per heavy atom. The molecule has 0 unspecified atom stereocenters. The molecule has 1 aliphatic heterocycles.